The first-order chi connectivity index (χ1) is 2.91. The lowest BCUT2D eigenvalue weighted by Gasteiger charge is -1.95. The molecule has 3 heteroatoms. The third-order valence-electron chi connectivity index (χ3n) is 0.479. The van der Waals surface area contributed by atoms with E-state index in [1.54, 1.807) is 0 Å². The minimum atomic E-state index is 0. The topological polar surface area (TPSA) is 24.1 Å². The van der Waals surface area contributed by atoms with Crippen molar-refractivity contribution in [2.45, 2.75) is 13.8 Å². The van der Waals surface area contributed by atoms with E-state index in [9.17, 15) is 0 Å². The smallest absolute Gasteiger partial charge is 0.00713 e. The minimum Gasteiger partial charge on any atom is -0.258 e. The first kappa shape index (κ1) is 10.4. The predicted molar refractivity (Wildman–Crippen MR) is 37.7 cm³/mol. The Bertz CT molecular complexity index is 21.7. The van der Waals surface area contributed by atoms with Crippen LogP contribution in [-0.4, -0.2) is 13.1 Å². The van der Waals surface area contributed by atoms with Crippen molar-refractivity contribution in [3.05, 3.63) is 0 Å². The highest BCUT2D eigenvalue weighted by Crippen LogP contribution is 1.44. The molecule has 0 radical (unpaired) electrons. The molecule has 0 aromatic heterocycles. The second-order valence-electron chi connectivity index (χ2n) is 1.06. The van der Waals surface area contributed by atoms with Gasteiger partial charge in [0.05, 0.1) is 0 Å². The van der Waals surface area contributed by atoms with Crippen LogP contribution in [0.15, 0.2) is 0 Å². The summed E-state index contributed by atoms with van der Waals surface area (Å²) in [6, 6.07) is 0. The highest BCUT2D eigenvalue weighted by molar-refractivity contribution is 8.93. The lowest BCUT2D eigenvalue weighted by Crippen LogP contribution is -2.30. The van der Waals surface area contributed by atoms with Crippen molar-refractivity contribution in [2.75, 3.05) is 13.1 Å². The molecule has 0 unspecified atom stereocenters. The molecule has 0 aromatic rings. The number of rotatable bonds is 3. The van der Waals surface area contributed by atoms with Gasteiger partial charge in [0.2, 0.25) is 0 Å². The Morgan fingerprint density at radius 1 is 1.00 bits per heavy atom. The fourth-order valence-corrected chi connectivity index (χ4v) is 0.250. The zero-order chi connectivity index (χ0) is 4.83. The van der Waals surface area contributed by atoms with Gasteiger partial charge in [-0.3, -0.25) is 10.9 Å². The van der Waals surface area contributed by atoms with Crippen molar-refractivity contribution in [3.8, 4) is 0 Å². The van der Waals surface area contributed by atoms with Crippen LogP contribution in [0.1, 0.15) is 13.8 Å². The molecule has 2 N–H and O–H groups in total. The van der Waals surface area contributed by atoms with Gasteiger partial charge in [-0.05, 0) is 0 Å². The molecule has 2 nitrogen and oxygen atoms in total. The third-order valence-corrected chi connectivity index (χ3v) is 0.479. The summed E-state index contributed by atoms with van der Waals surface area (Å²) in [4.78, 5) is 0. The van der Waals surface area contributed by atoms with Crippen LogP contribution in [0.25, 0.3) is 0 Å². The van der Waals surface area contributed by atoms with Gasteiger partial charge >= 0.3 is 0 Å². The predicted octanol–water partition coefficient (Wildman–Crippen LogP) is 0.698. The Kier molecular flexibility index (Phi) is 14.3. The van der Waals surface area contributed by atoms with Crippen molar-refractivity contribution in [1.29, 1.82) is 0 Å². The van der Waals surface area contributed by atoms with Gasteiger partial charge in [-0.1, -0.05) is 13.8 Å². The number of nitrogens with one attached hydrogen (secondary N) is 2. The van der Waals surface area contributed by atoms with Gasteiger partial charge in [0.25, 0.3) is 0 Å². The molecule has 0 rings (SSSR count). The van der Waals surface area contributed by atoms with E-state index in [0.29, 0.717) is 0 Å². The Labute approximate surface area is 55.4 Å². The van der Waals surface area contributed by atoms with E-state index in [1.165, 1.54) is 0 Å². The second kappa shape index (κ2) is 9.64. The van der Waals surface area contributed by atoms with Crippen molar-refractivity contribution >= 4 is 17.0 Å². The SMILES string of the molecule is Br.CCNNCC. The number of halogens is 1. The molecule has 0 aromatic carbocycles. The summed E-state index contributed by atoms with van der Waals surface area (Å²) in [5.74, 6) is 0. The number of hydrogen-bond acceptors (Lipinski definition) is 2. The summed E-state index contributed by atoms with van der Waals surface area (Å²) in [5, 5.41) is 0. The maximum Gasteiger partial charge on any atom is 0.00713 e. The molecule has 0 saturated heterocycles. The Balaban J connectivity index is 0. The molecule has 0 aliphatic heterocycles. The Morgan fingerprint density at radius 3 is 1.43 bits per heavy atom. The fraction of sp³-hybridized carbons (Fsp3) is 1.00. The molecule has 46 valence electrons. The molecule has 0 spiro atoms. The molecule has 0 heterocycles. The second-order valence-corrected chi connectivity index (χ2v) is 1.06. The Morgan fingerprint density at radius 2 is 1.29 bits per heavy atom. The van der Waals surface area contributed by atoms with Gasteiger partial charge in [-0.2, -0.15) is 0 Å². The van der Waals surface area contributed by atoms with Crippen LogP contribution in [0.5, 0.6) is 0 Å². The molecule has 0 amide bonds. The molecule has 0 atom stereocenters. The van der Waals surface area contributed by atoms with Crippen LogP contribution in [0.3, 0.4) is 0 Å². The highest BCUT2D eigenvalue weighted by Gasteiger charge is 1.67. The zero-order valence-electron chi connectivity index (χ0n) is 4.82. The van der Waals surface area contributed by atoms with Crippen LogP contribution >= 0.6 is 17.0 Å². The van der Waals surface area contributed by atoms with Gasteiger partial charge in [0.1, 0.15) is 0 Å². The van der Waals surface area contributed by atoms with Gasteiger partial charge in [-0.15, -0.1) is 17.0 Å². The van der Waals surface area contributed by atoms with Crippen molar-refractivity contribution in [2.24, 2.45) is 0 Å². The fourth-order valence-electron chi connectivity index (χ4n) is 0.250. The largest absolute Gasteiger partial charge is 0.258 e. The standard InChI is InChI=1S/C4H12N2.BrH/c1-3-5-6-4-2;/h5-6H,3-4H2,1-2H3;1H. The lowest BCUT2D eigenvalue weighted by molar-refractivity contribution is 0.573. The summed E-state index contributed by atoms with van der Waals surface area (Å²) >= 11 is 0. The van der Waals surface area contributed by atoms with E-state index in [0.717, 1.165) is 13.1 Å². The molecular formula is C4H13BrN2. The van der Waals surface area contributed by atoms with Gasteiger partial charge in [0, 0.05) is 13.1 Å². The summed E-state index contributed by atoms with van der Waals surface area (Å²) in [7, 11) is 0. The molecule has 7 heavy (non-hydrogen) atoms. The molecule has 0 saturated carbocycles. The molecule has 0 fully saturated rings. The molecule has 0 aliphatic rings. The molecule has 0 bridgehead atoms. The van der Waals surface area contributed by atoms with E-state index in [4.69, 9.17) is 0 Å². The maximum absolute atomic E-state index is 2.95. The van der Waals surface area contributed by atoms with E-state index in [-0.39, 0.29) is 17.0 Å². The van der Waals surface area contributed by atoms with Gasteiger partial charge in [0.15, 0.2) is 0 Å². The van der Waals surface area contributed by atoms with Crippen LogP contribution in [0.2, 0.25) is 0 Å². The van der Waals surface area contributed by atoms with Gasteiger partial charge in [-0.25, -0.2) is 0 Å². The Hall–Kier alpha value is 0.400. The quantitative estimate of drug-likeness (QED) is 0.480. The number of hydrogen-bond donors (Lipinski definition) is 2. The van der Waals surface area contributed by atoms with E-state index in [2.05, 4.69) is 24.7 Å². The lowest BCUT2D eigenvalue weighted by atomic mass is 10.8. The van der Waals surface area contributed by atoms with Crippen molar-refractivity contribution in [3.63, 3.8) is 0 Å². The van der Waals surface area contributed by atoms with Crippen LogP contribution in [0.4, 0.5) is 0 Å². The van der Waals surface area contributed by atoms with Gasteiger partial charge < -0.3 is 0 Å². The van der Waals surface area contributed by atoms with Crippen LogP contribution < -0.4 is 10.9 Å². The van der Waals surface area contributed by atoms with E-state index in [1.807, 2.05) is 0 Å². The van der Waals surface area contributed by atoms with E-state index >= 15 is 0 Å². The average Bonchev–Trinajstić information content (AvgIpc) is 1.61. The number of hydrazine groups is 1. The normalized spacial score (nSPS) is 7.71. The van der Waals surface area contributed by atoms with Crippen molar-refractivity contribution in [1.82, 2.24) is 10.9 Å². The summed E-state index contributed by atoms with van der Waals surface area (Å²) in [5.41, 5.74) is 5.90. The molecular weight excluding hydrogens is 156 g/mol. The summed E-state index contributed by atoms with van der Waals surface area (Å²) < 4.78 is 0. The first-order valence-corrected chi connectivity index (χ1v) is 2.37. The third kappa shape index (κ3) is 10.7. The van der Waals surface area contributed by atoms with Crippen LogP contribution in [0, 0.1) is 0 Å². The summed E-state index contributed by atoms with van der Waals surface area (Å²) in [6.45, 7) is 6.10. The van der Waals surface area contributed by atoms with Crippen molar-refractivity contribution < 1.29 is 0 Å². The zero-order valence-corrected chi connectivity index (χ0v) is 6.54. The minimum absolute atomic E-state index is 0. The molecule has 0 aliphatic carbocycles. The first-order valence-electron chi connectivity index (χ1n) is 2.37. The highest BCUT2D eigenvalue weighted by atomic mass is 79.9. The maximum atomic E-state index is 2.95. The average molecular weight is 169 g/mol. The summed E-state index contributed by atoms with van der Waals surface area (Å²) in [6.07, 6.45) is 0. The monoisotopic (exact) mass is 168 g/mol. The van der Waals surface area contributed by atoms with Crippen LogP contribution in [-0.2, 0) is 0 Å². The van der Waals surface area contributed by atoms with E-state index < -0.39 is 0 Å².